The van der Waals surface area contributed by atoms with E-state index in [-0.39, 0.29) is 12.5 Å². The quantitative estimate of drug-likeness (QED) is 0.727. The molecule has 4 nitrogen and oxygen atoms in total. The van der Waals surface area contributed by atoms with Gasteiger partial charge in [-0.15, -0.1) is 0 Å². The van der Waals surface area contributed by atoms with Crippen molar-refractivity contribution in [1.29, 1.82) is 0 Å². The van der Waals surface area contributed by atoms with Crippen LogP contribution in [0.5, 0.6) is 0 Å². The normalized spacial score (nSPS) is 9.62. The highest BCUT2D eigenvalue weighted by Crippen LogP contribution is 1.91. The van der Waals surface area contributed by atoms with Crippen molar-refractivity contribution in [2.75, 3.05) is 13.7 Å². The van der Waals surface area contributed by atoms with Crippen LogP contribution in [-0.2, 0) is 16.1 Å². The summed E-state index contributed by atoms with van der Waals surface area (Å²) >= 11 is 0. The molecule has 1 aromatic heterocycles. The van der Waals surface area contributed by atoms with Crippen molar-refractivity contribution in [2.24, 2.45) is 0 Å². The molecule has 1 amide bonds. The Morgan fingerprint density at radius 1 is 1.62 bits per heavy atom. The van der Waals surface area contributed by atoms with Gasteiger partial charge in [-0.2, -0.15) is 0 Å². The van der Waals surface area contributed by atoms with E-state index in [0.29, 0.717) is 6.54 Å². The zero-order valence-electron chi connectivity index (χ0n) is 7.49. The predicted octanol–water partition coefficient (Wildman–Crippen LogP) is 0.344. The Morgan fingerprint density at radius 2 is 2.46 bits per heavy atom. The van der Waals surface area contributed by atoms with E-state index in [1.54, 1.807) is 6.20 Å². The van der Waals surface area contributed by atoms with Crippen molar-refractivity contribution in [2.45, 2.75) is 6.54 Å². The summed E-state index contributed by atoms with van der Waals surface area (Å²) in [5.74, 6) is -0.131. The SMILES string of the molecule is COCC(=O)NCc1ccccn1. The van der Waals surface area contributed by atoms with Crippen LogP contribution in [0.4, 0.5) is 0 Å². The number of hydrogen-bond donors (Lipinski definition) is 1. The fraction of sp³-hybridized carbons (Fsp3) is 0.333. The fourth-order valence-electron chi connectivity index (χ4n) is 0.874. The van der Waals surface area contributed by atoms with Gasteiger partial charge in [0.2, 0.25) is 5.91 Å². The molecule has 0 fully saturated rings. The van der Waals surface area contributed by atoms with Crippen molar-refractivity contribution < 1.29 is 9.53 Å². The third-order valence-corrected chi connectivity index (χ3v) is 1.47. The zero-order valence-corrected chi connectivity index (χ0v) is 7.49. The molecule has 0 aromatic carbocycles. The summed E-state index contributed by atoms with van der Waals surface area (Å²) < 4.78 is 4.66. The first-order chi connectivity index (χ1) is 6.33. The highest BCUT2D eigenvalue weighted by atomic mass is 16.5. The van der Waals surface area contributed by atoms with Crippen LogP contribution < -0.4 is 5.32 Å². The monoisotopic (exact) mass is 180 g/mol. The average molecular weight is 180 g/mol. The largest absolute Gasteiger partial charge is 0.375 e. The molecule has 1 aromatic rings. The minimum absolute atomic E-state index is 0.0901. The van der Waals surface area contributed by atoms with Crippen molar-refractivity contribution >= 4 is 5.91 Å². The second kappa shape index (κ2) is 5.27. The van der Waals surface area contributed by atoms with Gasteiger partial charge in [0.05, 0.1) is 12.2 Å². The van der Waals surface area contributed by atoms with Gasteiger partial charge in [-0.3, -0.25) is 9.78 Å². The lowest BCUT2D eigenvalue weighted by molar-refractivity contribution is -0.124. The molecule has 0 aliphatic carbocycles. The second-order valence-corrected chi connectivity index (χ2v) is 2.53. The molecule has 0 atom stereocenters. The van der Waals surface area contributed by atoms with Crippen LogP contribution in [-0.4, -0.2) is 24.6 Å². The molecule has 0 aliphatic heterocycles. The molecule has 0 radical (unpaired) electrons. The number of hydrogen-bond acceptors (Lipinski definition) is 3. The summed E-state index contributed by atoms with van der Waals surface area (Å²) in [5.41, 5.74) is 0.840. The fourth-order valence-corrected chi connectivity index (χ4v) is 0.874. The number of amides is 1. The lowest BCUT2D eigenvalue weighted by Gasteiger charge is -2.02. The molecular formula is C9H12N2O2. The lowest BCUT2D eigenvalue weighted by Crippen LogP contribution is -2.26. The van der Waals surface area contributed by atoms with Crippen molar-refractivity contribution in [3.63, 3.8) is 0 Å². The van der Waals surface area contributed by atoms with Crippen LogP contribution in [0, 0.1) is 0 Å². The van der Waals surface area contributed by atoms with Gasteiger partial charge in [0, 0.05) is 13.3 Å². The Morgan fingerprint density at radius 3 is 3.08 bits per heavy atom. The molecule has 0 aliphatic rings. The summed E-state index contributed by atoms with van der Waals surface area (Å²) in [7, 11) is 1.49. The van der Waals surface area contributed by atoms with Gasteiger partial charge < -0.3 is 10.1 Å². The summed E-state index contributed by atoms with van der Waals surface area (Å²) in [6, 6.07) is 5.57. The smallest absolute Gasteiger partial charge is 0.246 e. The van der Waals surface area contributed by atoms with Crippen LogP contribution in [0.3, 0.4) is 0 Å². The molecule has 0 unspecified atom stereocenters. The number of nitrogens with zero attached hydrogens (tertiary/aromatic N) is 1. The number of carbonyl (C=O) groups is 1. The van der Waals surface area contributed by atoms with Crippen LogP contribution >= 0.6 is 0 Å². The standard InChI is InChI=1S/C9H12N2O2/c1-13-7-9(12)11-6-8-4-2-3-5-10-8/h2-5H,6-7H2,1H3,(H,11,12). The van der Waals surface area contributed by atoms with E-state index in [9.17, 15) is 4.79 Å². The Hall–Kier alpha value is -1.42. The minimum Gasteiger partial charge on any atom is -0.375 e. The van der Waals surface area contributed by atoms with Gasteiger partial charge in [-0.25, -0.2) is 0 Å². The highest BCUT2D eigenvalue weighted by Gasteiger charge is 1.99. The van der Waals surface area contributed by atoms with Gasteiger partial charge in [-0.1, -0.05) is 6.07 Å². The Labute approximate surface area is 76.9 Å². The number of methoxy groups -OCH3 is 1. The minimum atomic E-state index is -0.131. The molecule has 0 spiro atoms. The van der Waals surface area contributed by atoms with Crippen molar-refractivity contribution in [3.8, 4) is 0 Å². The molecule has 1 rings (SSSR count). The summed E-state index contributed by atoms with van der Waals surface area (Å²) in [4.78, 5) is 15.0. The Kier molecular flexibility index (Phi) is 3.92. The number of rotatable bonds is 4. The molecule has 13 heavy (non-hydrogen) atoms. The second-order valence-electron chi connectivity index (χ2n) is 2.53. The average Bonchev–Trinajstić information content (AvgIpc) is 2.17. The third kappa shape index (κ3) is 3.66. The molecule has 1 heterocycles. The predicted molar refractivity (Wildman–Crippen MR) is 48.0 cm³/mol. The first-order valence-corrected chi connectivity index (χ1v) is 3.98. The van der Waals surface area contributed by atoms with E-state index in [2.05, 4.69) is 15.0 Å². The van der Waals surface area contributed by atoms with E-state index in [4.69, 9.17) is 0 Å². The van der Waals surface area contributed by atoms with Gasteiger partial charge in [0.1, 0.15) is 6.61 Å². The Bertz CT molecular complexity index is 262. The summed E-state index contributed by atoms with van der Waals surface area (Å²) in [6.07, 6.45) is 1.69. The number of aromatic nitrogens is 1. The van der Waals surface area contributed by atoms with E-state index in [1.807, 2.05) is 18.2 Å². The number of ether oxygens (including phenoxy) is 1. The Balaban J connectivity index is 2.31. The van der Waals surface area contributed by atoms with Crippen molar-refractivity contribution in [3.05, 3.63) is 30.1 Å². The van der Waals surface area contributed by atoms with Gasteiger partial charge in [0.25, 0.3) is 0 Å². The highest BCUT2D eigenvalue weighted by molar-refractivity contribution is 5.77. The maximum absolute atomic E-state index is 11.0. The number of pyridine rings is 1. The molecular weight excluding hydrogens is 168 g/mol. The zero-order chi connectivity index (χ0) is 9.52. The van der Waals surface area contributed by atoms with E-state index >= 15 is 0 Å². The molecule has 1 N–H and O–H groups in total. The van der Waals surface area contributed by atoms with Crippen LogP contribution in [0.15, 0.2) is 24.4 Å². The number of carbonyl (C=O) groups excluding carboxylic acids is 1. The molecule has 70 valence electrons. The van der Waals surface area contributed by atoms with E-state index < -0.39 is 0 Å². The molecule has 0 bridgehead atoms. The maximum Gasteiger partial charge on any atom is 0.246 e. The third-order valence-electron chi connectivity index (χ3n) is 1.47. The summed E-state index contributed by atoms with van der Waals surface area (Å²) in [6.45, 7) is 0.538. The molecule has 0 saturated carbocycles. The summed E-state index contributed by atoms with van der Waals surface area (Å²) in [5, 5.41) is 2.67. The lowest BCUT2D eigenvalue weighted by atomic mass is 10.3. The first kappa shape index (κ1) is 9.67. The first-order valence-electron chi connectivity index (χ1n) is 3.98. The van der Waals surface area contributed by atoms with E-state index in [0.717, 1.165) is 5.69 Å². The van der Waals surface area contributed by atoms with Gasteiger partial charge in [0.15, 0.2) is 0 Å². The van der Waals surface area contributed by atoms with Gasteiger partial charge >= 0.3 is 0 Å². The van der Waals surface area contributed by atoms with Crippen molar-refractivity contribution in [1.82, 2.24) is 10.3 Å². The van der Waals surface area contributed by atoms with Crippen LogP contribution in [0.25, 0.3) is 0 Å². The van der Waals surface area contributed by atoms with Crippen LogP contribution in [0.1, 0.15) is 5.69 Å². The topological polar surface area (TPSA) is 51.2 Å². The van der Waals surface area contributed by atoms with Gasteiger partial charge in [-0.05, 0) is 12.1 Å². The molecule has 0 saturated heterocycles. The molecule has 4 heteroatoms. The van der Waals surface area contributed by atoms with E-state index in [1.165, 1.54) is 7.11 Å². The van der Waals surface area contributed by atoms with Crippen LogP contribution in [0.2, 0.25) is 0 Å². The maximum atomic E-state index is 11.0. The number of nitrogens with one attached hydrogen (secondary N) is 1.